The second kappa shape index (κ2) is 16.5. The van der Waals surface area contributed by atoms with Gasteiger partial charge in [0.05, 0.1) is 31.0 Å². The highest BCUT2D eigenvalue weighted by atomic mass is 19.4. The number of aliphatic carboxylic acids is 2. The number of hydrogen-bond acceptors (Lipinski definition) is 11. The Morgan fingerprint density at radius 2 is 1.69 bits per heavy atom. The number of rotatable bonds is 12. The van der Waals surface area contributed by atoms with E-state index in [0.717, 1.165) is 12.1 Å². The number of carbonyl (C=O) groups excluding carboxylic acids is 3. The molecule has 2 aromatic rings. The van der Waals surface area contributed by atoms with Gasteiger partial charge >= 0.3 is 18.2 Å². The molecule has 0 spiro atoms. The van der Waals surface area contributed by atoms with Crippen molar-refractivity contribution < 1.29 is 71.1 Å². The topological polar surface area (TPSA) is 245 Å². The molecule has 1 fully saturated rings. The van der Waals surface area contributed by atoms with Gasteiger partial charge in [-0.1, -0.05) is 12.1 Å². The van der Waals surface area contributed by atoms with Gasteiger partial charge in [0.1, 0.15) is 23.1 Å². The van der Waals surface area contributed by atoms with Crippen molar-refractivity contribution in [2.24, 2.45) is 16.3 Å². The summed E-state index contributed by atoms with van der Waals surface area (Å²) < 4.78 is 73.9. The summed E-state index contributed by atoms with van der Waals surface area (Å²) in [4.78, 5) is 64.2. The lowest BCUT2D eigenvalue weighted by molar-refractivity contribution is -0.241. The van der Waals surface area contributed by atoms with E-state index in [0.29, 0.717) is 11.8 Å². The Balaban J connectivity index is 0.000000636. The first kappa shape index (κ1) is 41.3. The second-order valence-electron chi connectivity index (χ2n) is 12.3. The van der Waals surface area contributed by atoms with Gasteiger partial charge < -0.3 is 41.1 Å². The summed E-state index contributed by atoms with van der Waals surface area (Å²) in [6, 6.07) is 6.33. The van der Waals surface area contributed by atoms with E-state index in [4.69, 9.17) is 30.9 Å². The van der Waals surface area contributed by atoms with Crippen molar-refractivity contribution in [2.45, 2.75) is 63.4 Å². The monoisotopic (exact) mass is 746 g/mol. The van der Waals surface area contributed by atoms with Crippen molar-refractivity contribution in [1.29, 1.82) is 0 Å². The first-order chi connectivity index (χ1) is 24.1. The van der Waals surface area contributed by atoms with E-state index in [-0.39, 0.29) is 37.3 Å². The maximum Gasteiger partial charge on any atom is 0.507 e. The molecule has 0 saturated carbocycles. The van der Waals surface area contributed by atoms with Crippen LogP contribution in [0.3, 0.4) is 0 Å². The van der Waals surface area contributed by atoms with Crippen LogP contribution in [0.2, 0.25) is 0 Å². The van der Waals surface area contributed by atoms with Gasteiger partial charge in [0.15, 0.2) is 12.2 Å². The Hall–Kier alpha value is -5.12. The van der Waals surface area contributed by atoms with E-state index in [2.05, 4.69) is 15.4 Å². The van der Waals surface area contributed by atoms with Crippen LogP contribution in [-0.4, -0.2) is 120 Å². The van der Waals surface area contributed by atoms with Crippen molar-refractivity contribution in [3.05, 3.63) is 65.5 Å². The minimum atomic E-state index is -5.08. The normalized spacial score (nSPS) is 19.0. The predicted octanol–water partition coefficient (Wildman–Crippen LogP) is 0.155. The van der Waals surface area contributed by atoms with Gasteiger partial charge in [-0.05, 0) is 38.5 Å². The zero-order chi connectivity index (χ0) is 39.2. The molecule has 2 aliphatic heterocycles. The fraction of sp³-hybridized carbons (Fsp3) is 0.452. The molecule has 284 valence electrons. The van der Waals surface area contributed by atoms with Crippen LogP contribution in [0.4, 0.5) is 22.0 Å². The van der Waals surface area contributed by atoms with E-state index >= 15 is 0 Å². The number of carboxylic acids is 2. The number of piperidine rings is 1. The number of carboxylic acid groups (broad SMARTS) is 2. The number of hydrazone groups is 1. The van der Waals surface area contributed by atoms with Crippen LogP contribution >= 0.6 is 0 Å². The minimum absolute atomic E-state index is 0.00331. The molecule has 0 radical (unpaired) electrons. The molecule has 21 heteroatoms. The number of nitrogens with two attached hydrogens (primary N) is 1. The van der Waals surface area contributed by atoms with Crippen LogP contribution in [-0.2, 0) is 41.7 Å². The summed E-state index contributed by atoms with van der Waals surface area (Å²) in [5.41, 5.74) is 2.97. The molecule has 7 N–H and O–H groups in total. The number of benzene rings is 1. The quantitative estimate of drug-likeness (QED) is 0.126. The predicted molar refractivity (Wildman–Crippen MR) is 165 cm³/mol. The Labute approximate surface area is 291 Å². The first-order valence-electron chi connectivity index (χ1n) is 15.2. The molecular formula is C31H35F5N6O10. The number of alkyl halides is 3. The van der Waals surface area contributed by atoms with Crippen molar-refractivity contribution in [1.82, 2.24) is 20.2 Å². The average molecular weight is 747 g/mol. The number of aromatic nitrogens is 1. The first-order valence-corrected chi connectivity index (χ1v) is 15.2. The third-order valence-corrected chi connectivity index (χ3v) is 7.84. The van der Waals surface area contributed by atoms with Crippen LogP contribution in [0, 0.1) is 17.0 Å². The summed E-state index contributed by atoms with van der Waals surface area (Å²) in [6.45, 7) is 1.38. The van der Waals surface area contributed by atoms with Gasteiger partial charge in [0.2, 0.25) is 11.8 Å². The van der Waals surface area contributed by atoms with Crippen molar-refractivity contribution in [3.63, 3.8) is 0 Å². The van der Waals surface area contributed by atoms with Gasteiger partial charge in [-0.25, -0.2) is 18.4 Å². The van der Waals surface area contributed by atoms with Crippen LogP contribution in [0.25, 0.3) is 0 Å². The van der Waals surface area contributed by atoms with Crippen LogP contribution < -0.4 is 11.1 Å². The molecule has 1 saturated heterocycles. The number of hydrogen-bond donors (Lipinski definition) is 6. The number of ether oxygens (including phenoxy) is 1. The highest BCUT2D eigenvalue weighted by molar-refractivity contribution is 6.14. The van der Waals surface area contributed by atoms with Crippen molar-refractivity contribution >= 4 is 35.4 Å². The third kappa shape index (κ3) is 10.0. The average Bonchev–Trinajstić information content (AvgIpc) is 3.35. The van der Waals surface area contributed by atoms with Crippen molar-refractivity contribution in [3.8, 4) is 0 Å². The lowest BCUT2D eigenvalue weighted by Gasteiger charge is -2.39. The molecule has 2 aliphatic rings. The molecule has 4 atom stereocenters. The van der Waals surface area contributed by atoms with Crippen LogP contribution in [0.5, 0.6) is 0 Å². The Morgan fingerprint density at radius 1 is 1.06 bits per heavy atom. The second-order valence-corrected chi connectivity index (χ2v) is 12.3. The van der Waals surface area contributed by atoms with E-state index in [1.54, 1.807) is 18.2 Å². The minimum Gasteiger partial charge on any atom is -0.479 e. The highest BCUT2D eigenvalue weighted by Gasteiger charge is 2.60. The Morgan fingerprint density at radius 3 is 2.21 bits per heavy atom. The molecular weight excluding hydrogens is 711 g/mol. The zero-order valence-corrected chi connectivity index (χ0v) is 27.5. The summed E-state index contributed by atoms with van der Waals surface area (Å²) >= 11 is 0. The summed E-state index contributed by atoms with van der Waals surface area (Å²) in [5, 5.41) is 38.1. The molecule has 0 aliphatic carbocycles. The maximum absolute atomic E-state index is 14.0. The van der Waals surface area contributed by atoms with E-state index in [1.807, 2.05) is 0 Å². The smallest absolute Gasteiger partial charge is 0.479 e. The fourth-order valence-electron chi connectivity index (χ4n) is 4.98. The molecule has 0 unspecified atom stereocenters. The number of aliphatic hydroxyl groups excluding tert-OH is 2. The maximum atomic E-state index is 14.0. The number of nitrogens with zero attached hydrogens (tertiary/aromatic N) is 4. The molecule has 3 amide bonds. The summed E-state index contributed by atoms with van der Waals surface area (Å²) in [6.07, 6.45) is -8.51. The number of pyridine rings is 1. The molecule has 4 rings (SSSR count). The van der Waals surface area contributed by atoms with Gasteiger partial charge in [-0.3, -0.25) is 19.4 Å². The number of likely N-dealkylation sites (tertiary alicyclic amines) is 1. The Bertz CT molecular complexity index is 1670. The van der Waals surface area contributed by atoms with Crippen molar-refractivity contribution in [2.75, 3.05) is 19.7 Å². The fourth-order valence-corrected chi connectivity index (χ4v) is 4.98. The number of aliphatic hydroxyl groups is 2. The summed E-state index contributed by atoms with van der Waals surface area (Å²) in [5.74, 6) is -7.92. The standard InChI is InChI=1S/C27H29F5N6O4.C4H6O6/c1-25(2,33)23(40)35-20(15-42-14-16-6-7-17(28)11-19(16)29)22(39)37-10-8-26(12-18-5-3-4-9-34-18)21(13-37)36-38(24(26)41)27(30,31)32;5-1(3(7)8)2(6)4(9)10/h3-7,9,11,20H,8,10,12-15,33H2,1-2H3,(H,35,40);1-2,5-6H,(H,7,8)(H,9,10)/t20-,26+;1-,2-/m11/s1. The third-order valence-electron chi connectivity index (χ3n) is 7.84. The van der Waals surface area contributed by atoms with E-state index in [9.17, 15) is 45.9 Å². The highest BCUT2D eigenvalue weighted by Crippen LogP contribution is 2.43. The number of fused-ring (bicyclic) bond motifs is 1. The van der Waals surface area contributed by atoms with Gasteiger partial charge in [0.25, 0.3) is 5.91 Å². The zero-order valence-electron chi connectivity index (χ0n) is 27.5. The lowest BCUT2D eigenvalue weighted by Crippen LogP contribution is -2.60. The largest absolute Gasteiger partial charge is 0.507 e. The van der Waals surface area contributed by atoms with Gasteiger partial charge in [-0.2, -0.15) is 5.10 Å². The molecule has 1 aromatic heterocycles. The van der Waals surface area contributed by atoms with Gasteiger partial charge in [-0.15, -0.1) is 18.2 Å². The molecule has 52 heavy (non-hydrogen) atoms. The molecule has 3 heterocycles. The number of nitrogens with one attached hydrogen (secondary N) is 1. The number of carbonyl (C=O) groups is 5. The SMILES string of the molecule is CC(C)(N)C(=O)N[C@H](COCc1ccc(F)cc1F)C(=O)N1CC[C@@]2(Cc3ccccn3)C(=O)N(C(F)(F)F)N=C2C1.O=C(O)[C@H](O)[C@@H](O)C(=O)O. The number of amides is 3. The van der Waals surface area contributed by atoms with Gasteiger partial charge in [0, 0.05) is 36.5 Å². The van der Waals surface area contributed by atoms with Crippen LogP contribution in [0.15, 0.2) is 47.7 Å². The molecule has 1 aromatic carbocycles. The lowest BCUT2D eigenvalue weighted by atomic mass is 9.73. The molecule has 16 nitrogen and oxygen atoms in total. The number of halogens is 5. The summed E-state index contributed by atoms with van der Waals surface area (Å²) in [7, 11) is 0. The van der Waals surface area contributed by atoms with E-state index in [1.165, 1.54) is 24.9 Å². The molecule has 0 bridgehead atoms. The van der Waals surface area contributed by atoms with E-state index < -0.39 is 95.0 Å². The Kier molecular flexibility index (Phi) is 13.1. The van der Waals surface area contributed by atoms with Crippen LogP contribution in [0.1, 0.15) is 31.5 Å².